The third-order valence-electron chi connectivity index (χ3n) is 4.50. The van der Waals surface area contributed by atoms with Crippen molar-refractivity contribution < 1.29 is 27.1 Å². The number of halogens is 4. The Bertz CT molecular complexity index is 651. The van der Waals surface area contributed by atoms with Crippen molar-refractivity contribution in [1.82, 2.24) is 0 Å². The van der Waals surface area contributed by atoms with Crippen molar-refractivity contribution in [2.24, 2.45) is 17.3 Å². The minimum Gasteiger partial charge on any atom is -0.460 e. The van der Waals surface area contributed by atoms with E-state index >= 15 is 0 Å². The Labute approximate surface area is 132 Å². The third-order valence-corrected chi connectivity index (χ3v) is 4.50. The molecule has 0 amide bonds. The molecule has 1 aromatic carbocycles. The van der Waals surface area contributed by atoms with E-state index in [1.165, 1.54) is 0 Å². The van der Waals surface area contributed by atoms with Gasteiger partial charge in [0.25, 0.3) is 0 Å². The van der Waals surface area contributed by atoms with Crippen molar-refractivity contribution in [1.29, 1.82) is 0 Å². The highest BCUT2D eigenvalue weighted by atomic mass is 19.2. The molecule has 2 atom stereocenters. The molecule has 126 valence electrons. The average Bonchev–Trinajstić information content (AvgIpc) is 3.04. The van der Waals surface area contributed by atoms with Crippen molar-refractivity contribution in [2.45, 2.75) is 34.3 Å². The minimum absolute atomic E-state index is 0.0267. The smallest absolute Gasteiger partial charge is 0.310 e. The molecule has 1 aromatic rings. The quantitative estimate of drug-likeness (QED) is 0.353. The van der Waals surface area contributed by atoms with Gasteiger partial charge in [0.15, 0.2) is 23.3 Å². The van der Waals surface area contributed by atoms with Crippen LogP contribution in [-0.4, -0.2) is 5.97 Å². The third kappa shape index (κ3) is 2.86. The second kappa shape index (κ2) is 5.98. The zero-order valence-corrected chi connectivity index (χ0v) is 13.3. The molecule has 0 radical (unpaired) electrons. The van der Waals surface area contributed by atoms with Crippen LogP contribution >= 0.6 is 0 Å². The fourth-order valence-corrected chi connectivity index (χ4v) is 2.84. The standard InChI is InChI=1S/C17H18F4O2/c1-5-6-10-11(17(10,3)4)16(22)23-7-9-14(20)12(18)8(2)13(19)15(9)21/h5-6,10-11H,7H2,1-4H3/t10-,11+/m1/s1. The van der Waals surface area contributed by atoms with E-state index in [2.05, 4.69) is 0 Å². The summed E-state index contributed by atoms with van der Waals surface area (Å²) in [5, 5.41) is 0. The first-order valence-electron chi connectivity index (χ1n) is 7.25. The zero-order chi connectivity index (χ0) is 17.5. The molecule has 0 aliphatic heterocycles. The lowest BCUT2D eigenvalue weighted by molar-refractivity contribution is -0.147. The van der Waals surface area contributed by atoms with E-state index in [1.807, 2.05) is 32.9 Å². The van der Waals surface area contributed by atoms with Crippen LogP contribution in [0.2, 0.25) is 0 Å². The van der Waals surface area contributed by atoms with E-state index in [4.69, 9.17) is 4.74 Å². The number of allylic oxidation sites excluding steroid dienone is 2. The van der Waals surface area contributed by atoms with Crippen LogP contribution in [0.5, 0.6) is 0 Å². The molecular weight excluding hydrogens is 312 g/mol. The van der Waals surface area contributed by atoms with Crippen LogP contribution < -0.4 is 0 Å². The number of carbonyl (C=O) groups is 1. The molecule has 0 heterocycles. The number of esters is 1. The van der Waals surface area contributed by atoms with Crippen LogP contribution in [0.1, 0.15) is 31.9 Å². The SMILES string of the molecule is CC=C[C@@H]1[C@@H](C(=O)OCc2c(F)c(F)c(C)c(F)c2F)C1(C)C. The van der Waals surface area contributed by atoms with Gasteiger partial charge in [-0.25, -0.2) is 17.6 Å². The fourth-order valence-electron chi connectivity index (χ4n) is 2.84. The van der Waals surface area contributed by atoms with Gasteiger partial charge in [-0.05, 0) is 25.2 Å². The number of ether oxygens (including phenoxy) is 1. The lowest BCUT2D eigenvalue weighted by Gasteiger charge is -2.10. The maximum Gasteiger partial charge on any atom is 0.310 e. The highest BCUT2D eigenvalue weighted by Gasteiger charge is 2.61. The van der Waals surface area contributed by atoms with Gasteiger partial charge in [-0.3, -0.25) is 4.79 Å². The van der Waals surface area contributed by atoms with Gasteiger partial charge in [-0.15, -0.1) is 0 Å². The Morgan fingerprint density at radius 2 is 1.65 bits per heavy atom. The molecule has 0 saturated heterocycles. The van der Waals surface area contributed by atoms with Crippen molar-refractivity contribution in [3.05, 3.63) is 46.5 Å². The Morgan fingerprint density at radius 1 is 1.13 bits per heavy atom. The molecule has 0 spiro atoms. The molecule has 2 rings (SSSR count). The van der Waals surface area contributed by atoms with Crippen LogP contribution in [-0.2, 0) is 16.1 Å². The average molecular weight is 330 g/mol. The van der Waals surface area contributed by atoms with Gasteiger partial charge in [-0.2, -0.15) is 0 Å². The van der Waals surface area contributed by atoms with E-state index < -0.39 is 52.9 Å². The van der Waals surface area contributed by atoms with Crippen molar-refractivity contribution in [3.63, 3.8) is 0 Å². The molecule has 0 N–H and O–H groups in total. The molecule has 1 aliphatic rings. The van der Waals surface area contributed by atoms with Crippen molar-refractivity contribution >= 4 is 5.97 Å². The summed E-state index contributed by atoms with van der Waals surface area (Å²) < 4.78 is 59.3. The highest BCUT2D eigenvalue weighted by molar-refractivity contribution is 5.78. The second-order valence-corrected chi connectivity index (χ2v) is 6.32. The van der Waals surface area contributed by atoms with Gasteiger partial charge in [0, 0.05) is 5.56 Å². The summed E-state index contributed by atoms with van der Waals surface area (Å²) in [6, 6.07) is 0. The fraction of sp³-hybridized carbons (Fsp3) is 0.471. The summed E-state index contributed by atoms with van der Waals surface area (Å²) in [6.45, 7) is 5.64. The van der Waals surface area contributed by atoms with Gasteiger partial charge in [-0.1, -0.05) is 26.0 Å². The first kappa shape index (κ1) is 17.5. The van der Waals surface area contributed by atoms with Crippen LogP contribution in [0, 0.1) is 47.4 Å². The number of benzene rings is 1. The number of carbonyl (C=O) groups excluding carboxylic acids is 1. The Hall–Kier alpha value is -1.85. The summed E-state index contributed by atoms with van der Waals surface area (Å²) in [5.41, 5.74) is -1.98. The summed E-state index contributed by atoms with van der Waals surface area (Å²) in [4.78, 5) is 12.1. The van der Waals surface area contributed by atoms with Crippen LogP contribution in [0.4, 0.5) is 17.6 Å². The maximum absolute atomic E-state index is 13.7. The number of rotatable bonds is 4. The van der Waals surface area contributed by atoms with E-state index in [0.717, 1.165) is 6.92 Å². The molecule has 6 heteroatoms. The first-order valence-corrected chi connectivity index (χ1v) is 7.25. The van der Waals surface area contributed by atoms with Crippen LogP contribution in [0.15, 0.2) is 12.2 Å². The molecule has 0 aromatic heterocycles. The molecule has 0 bridgehead atoms. The predicted octanol–water partition coefficient (Wildman–Crippen LogP) is 4.44. The van der Waals surface area contributed by atoms with Crippen LogP contribution in [0.25, 0.3) is 0 Å². The summed E-state index contributed by atoms with van der Waals surface area (Å²) >= 11 is 0. The van der Waals surface area contributed by atoms with E-state index in [-0.39, 0.29) is 11.3 Å². The lowest BCUT2D eigenvalue weighted by Crippen LogP contribution is -2.14. The highest BCUT2D eigenvalue weighted by Crippen LogP contribution is 2.59. The minimum atomic E-state index is -1.53. The van der Waals surface area contributed by atoms with Gasteiger partial charge < -0.3 is 4.74 Å². The van der Waals surface area contributed by atoms with Gasteiger partial charge in [0.2, 0.25) is 0 Å². The molecule has 1 aliphatic carbocycles. The molecule has 23 heavy (non-hydrogen) atoms. The summed E-state index contributed by atoms with van der Waals surface area (Å²) in [7, 11) is 0. The topological polar surface area (TPSA) is 26.3 Å². The van der Waals surface area contributed by atoms with E-state index in [9.17, 15) is 22.4 Å². The molecule has 1 fully saturated rings. The number of hydrogen-bond donors (Lipinski definition) is 0. The molecule has 1 saturated carbocycles. The monoisotopic (exact) mass is 330 g/mol. The molecule has 0 unspecified atom stereocenters. The van der Waals surface area contributed by atoms with Crippen LogP contribution in [0.3, 0.4) is 0 Å². The maximum atomic E-state index is 13.7. The van der Waals surface area contributed by atoms with E-state index in [1.54, 1.807) is 0 Å². The Balaban J connectivity index is 2.15. The van der Waals surface area contributed by atoms with Gasteiger partial charge in [0.05, 0.1) is 11.5 Å². The lowest BCUT2D eigenvalue weighted by atomic mass is 10.1. The largest absolute Gasteiger partial charge is 0.460 e. The van der Waals surface area contributed by atoms with Crippen molar-refractivity contribution in [2.75, 3.05) is 0 Å². The molecule has 2 nitrogen and oxygen atoms in total. The number of hydrogen-bond acceptors (Lipinski definition) is 2. The normalized spacial score (nSPS) is 22.4. The first-order chi connectivity index (χ1) is 10.6. The summed E-state index contributed by atoms with van der Waals surface area (Å²) in [6.07, 6.45) is 3.67. The van der Waals surface area contributed by atoms with Gasteiger partial charge >= 0.3 is 5.97 Å². The summed E-state index contributed by atoms with van der Waals surface area (Å²) in [5.74, 6) is -7.13. The molecular formula is C17H18F4O2. The Morgan fingerprint density at radius 3 is 2.13 bits per heavy atom. The second-order valence-electron chi connectivity index (χ2n) is 6.32. The van der Waals surface area contributed by atoms with Crippen molar-refractivity contribution in [3.8, 4) is 0 Å². The van der Waals surface area contributed by atoms with E-state index in [0.29, 0.717) is 0 Å². The Kier molecular flexibility index (Phi) is 4.55. The zero-order valence-electron chi connectivity index (χ0n) is 13.3. The predicted molar refractivity (Wildman–Crippen MR) is 76.4 cm³/mol. The van der Waals surface area contributed by atoms with Gasteiger partial charge in [0.1, 0.15) is 6.61 Å².